The van der Waals surface area contributed by atoms with Crippen LogP contribution in [0.3, 0.4) is 0 Å². The summed E-state index contributed by atoms with van der Waals surface area (Å²) in [6, 6.07) is 10.8. The maximum atomic E-state index is 5.69. The minimum Gasteiger partial charge on any atom is -0.491 e. The van der Waals surface area contributed by atoms with Gasteiger partial charge in [0, 0.05) is 14.7 Å². The highest BCUT2D eigenvalue weighted by molar-refractivity contribution is 9.10. The second-order valence-corrected chi connectivity index (χ2v) is 6.75. The van der Waals surface area contributed by atoms with Crippen molar-refractivity contribution in [3.05, 3.63) is 50.6 Å². The Morgan fingerprint density at radius 1 is 1.25 bits per heavy atom. The molecule has 0 bridgehead atoms. The van der Waals surface area contributed by atoms with Crippen LogP contribution in [0.1, 0.15) is 37.3 Å². The first-order valence-corrected chi connectivity index (χ1v) is 8.51. The van der Waals surface area contributed by atoms with Gasteiger partial charge in [-0.05, 0) is 60.1 Å². The first-order valence-electron chi connectivity index (χ1n) is 6.84. The van der Waals surface area contributed by atoms with Gasteiger partial charge in [0.25, 0.3) is 0 Å². The monoisotopic (exact) mass is 353 g/mol. The number of hydrogen-bond acceptors (Lipinski definition) is 3. The van der Waals surface area contributed by atoms with E-state index in [9.17, 15) is 0 Å². The number of hydrogen-bond donors (Lipinski definition) is 1. The summed E-state index contributed by atoms with van der Waals surface area (Å²) >= 11 is 5.29. The molecule has 0 spiro atoms. The normalized spacial score (nSPS) is 12.7. The predicted octanol–water partition coefficient (Wildman–Crippen LogP) is 5.00. The van der Waals surface area contributed by atoms with E-state index in [4.69, 9.17) is 4.74 Å². The van der Waals surface area contributed by atoms with Gasteiger partial charge in [-0.2, -0.15) is 0 Å². The molecule has 1 aromatic heterocycles. The van der Waals surface area contributed by atoms with E-state index in [0.29, 0.717) is 0 Å². The van der Waals surface area contributed by atoms with Gasteiger partial charge in [-0.3, -0.25) is 0 Å². The molecule has 0 amide bonds. The third-order valence-electron chi connectivity index (χ3n) is 2.87. The van der Waals surface area contributed by atoms with E-state index in [-0.39, 0.29) is 12.1 Å². The molecule has 0 saturated carbocycles. The summed E-state index contributed by atoms with van der Waals surface area (Å²) in [6.45, 7) is 7.15. The van der Waals surface area contributed by atoms with Gasteiger partial charge in [-0.15, -0.1) is 11.3 Å². The Labute approximate surface area is 133 Å². The van der Waals surface area contributed by atoms with E-state index in [0.717, 1.165) is 16.8 Å². The van der Waals surface area contributed by atoms with E-state index < -0.39 is 0 Å². The quantitative estimate of drug-likeness (QED) is 0.789. The molecule has 0 saturated heterocycles. The average Bonchev–Trinajstić information content (AvgIpc) is 2.83. The van der Waals surface area contributed by atoms with Gasteiger partial charge < -0.3 is 10.1 Å². The molecule has 0 aliphatic rings. The second-order valence-electron chi connectivity index (χ2n) is 4.89. The van der Waals surface area contributed by atoms with Crippen LogP contribution in [0.4, 0.5) is 0 Å². The minimum absolute atomic E-state index is 0.207. The Balaban J connectivity index is 2.21. The zero-order valence-corrected chi connectivity index (χ0v) is 14.4. The number of ether oxygens (including phenoxy) is 1. The number of benzene rings is 1. The molecule has 2 nitrogen and oxygen atoms in total. The number of rotatable bonds is 6. The van der Waals surface area contributed by atoms with Crippen LogP contribution < -0.4 is 10.1 Å². The zero-order chi connectivity index (χ0) is 14.5. The first-order chi connectivity index (χ1) is 9.60. The number of nitrogens with one attached hydrogen (secondary N) is 1. The van der Waals surface area contributed by atoms with Crippen LogP contribution in [-0.4, -0.2) is 12.6 Å². The lowest BCUT2D eigenvalue weighted by molar-refractivity contribution is 0.242. The Hall–Kier alpha value is -0.840. The van der Waals surface area contributed by atoms with Crippen molar-refractivity contribution < 1.29 is 4.74 Å². The molecule has 1 unspecified atom stereocenters. The molecule has 2 aromatic rings. The summed E-state index contributed by atoms with van der Waals surface area (Å²) < 4.78 is 6.83. The van der Waals surface area contributed by atoms with Crippen molar-refractivity contribution in [3.8, 4) is 5.75 Å². The highest BCUT2D eigenvalue weighted by Gasteiger charge is 2.15. The van der Waals surface area contributed by atoms with E-state index in [1.165, 1.54) is 10.4 Å². The molecule has 0 aliphatic heterocycles. The summed E-state index contributed by atoms with van der Waals surface area (Å²) in [6.07, 6.45) is 0.207. The SMILES string of the molecule is CCNC(c1ccc(OC(C)C)cc1)c1cc(Br)cs1. The van der Waals surface area contributed by atoms with Crippen molar-refractivity contribution in [3.63, 3.8) is 0 Å². The van der Waals surface area contributed by atoms with Crippen molar-refractivity contribution in [1.29, 1.82) is 0 Å². The second kappa shape index (κ2) is 7.25. The average molecular weight is 354 g/mol. The van der Waals surface area contributed by atoms with E-state index >= 15 is 0 Å². The van der Waals surface area contributed by atoms with Gasteiger partial charge in [-0.1, -0.05) is 19.1 Å². The molecule has 1 atom stereocenters. The van der Waals surface area contributed by atoms with Gasteiger partial charge in [0.05, 0.1) is 12.1 Å². The molecule has 0 radical (unpaired) electrons. The number of thiophene rings is 1. The van der Waals surface area contributed by atoms with E-state index in [1.807, 2.05) is 26.0 Å². The van der Waals surface area contributed by atoms with Crippen LogP contribution in [0, 0.1) is 0 Å². The highest BCUT2D eigenvalue weighted by atomic mass is 79.9. The number of halogens is 1. The Bertz CT molecular complexity index is 536. The molecule has 1 aromatic carbocycles. The molecule has 108 valence electrons. The molecule has 1 heterocycles. The van der Waals surface area contributed by atoms with Crippen molar-refractivity contribution >= 4 is 27.3 Å². The molecule has 0 fully saturated rings. The largest absolute Gasteiger partial charge is 0.491 e. The Morgan fingerprint density at radius 2 is 1.95 bits per heavy atom. The molecule has 0 aliphatic carbocycles. The Kier molecular flexibility index (Phi) is 5.64. The van der Waals surface area contributed by atoms with Crippen LogP contribution in [0.2, 0.25) is 0 Å². The fraction of sp³-hybridized carbons (Fsp3) is 0.375. The Morgan fingerprint density at radius 3 is 2.45 bits per heavy atom. The molecular formula is C16H20BrNOS. The van der Waals surface area contributed by atoms with Crippen molar-refractivity contribution in [2.24, 2.45) is 0 Å². The molecule has 2 rings (SSSR count). The smallest absolute Gasteiger partial charge is 0.119 e. The lowest BCUT2D eigenvalue weighted by Crippen LogP contribution is -2.21. The zero-order valence-electron chi connectivity index (χ0n) is 12.0. The molecular weight excluding hydrogens is 334 g/mol. The van der Waals surface area contributed by atoms with Crippen LogP contribution in [0.25, 0.3) is 0 Å². The topological polar surface area (TPSA) is 21.3 Å². The van der Waals surface area contributed by atoms with Crippen LogP contribution in [-0.2, 0) is 0 Å². The van der Waals surface area contributed by atoms with Crippen molar-refractivity contribution in [2.75, 3.05) is 6.54 Å². The van der Waals surface area contributed by atoms with Gasteiger partial charge >= 0.3 is 0 Å². The van der Waals surface area contributed by atoms with Crippen molar-refractivity contribution in [1.82, 2.24) is 5.32 Å². The lowest BCUT2D eigenvalue weighted by Gasteiger charge is -2.18. The minimum atomic E-state index is 0.207. The molecule has 4 heteroatoms. The predicted molar refractivity (Wildman–Crippen MR) is 89.7 cm³/mol. The fourth-order valence-electron chi connectivity index (χ4n) is 2.08. The van der Waals surface area contributed by atoms with Gasteiger partial charge in [0.15, 0.2) is 0 Å². The standard InChI is InChI=1S/C16H20BrNOS/c1-4-18-16(15-9-13(17)10-20-15)12-5-7-14(8-6-12)19-11(2)3/h5-11,16,18H,4H2,1-3H3. The molecule has 1 N–H and O–H groups in total. The summed E-state index contributed by atoms with van der Waals surface area (Å²) in [5.74, 6) is 0.923. The maximum absolute atomic E-state index is 5.69. The fourth-order valence-corrected chi connectivity index (χ4v) is 3.62. The van der Waals surface area contributed by atoms with Crippen LogP contribution in [0.15, 0.2) is 40.2 Å². The van der Waals surface area contributed by atoms with Gasteiger partial charge in [-0.25, -0.2) is 0 Å². The summed E-state index contributed by atoms with van der Waals surface area (Å²) in [5.41, 5.74) is 1.26. The molecule has 20 heavy (non-hydrogen) atoms. The maximum Gasteiger partial charge on any atom is 0.119 e. The van der Waals surface area contributed by atoms with Gasteiger partial charge in [0.1, 0.15) is 5.75 Å². The summed E-state index contributed by atoms with van der Waals surface area (Å²) in [4.78, 5) is 1.32. The summed E-state index contributed by atoms with van der Waals surface area (Å²) in [5, 5.41) is 5.66. The van der Waals surface area contributed by atoms with Crippen LogP contribution in [0.5, 0.6) is 5.75 Å². The third kappa shape index (κ3) is 4.08. The van der Waals surface area contributed by atoms with E-state index in [2.05, 4.69) is 51.7 Å². The third-order valence-corrected chi connectivity index (χ3v) is 4.62. The first kappa shape index (κ1) is 15.5. The van der Waals surface area contributed by atoms with Crippen LogP contribution >= 0.6 is 27.3 Å². The summed E-state index contributed by atoms with van der Waals surface area (Å²) in [7, 11) is 0. The van der Waals surface area contributed by atoms with Crippen molar-refractivity contribution in [2.45, 2.75) is 32.9 Å². The van der Waals surface area contributed by atoms with E-state index in [1.54, 1.807) is 11.3 Å². The lowest BCUT2D eigenvalue weighted by atomic mass is 10.1. The highest BCUT2D eigenvalue weighted by Crippen LogP contribution is 2.31. The van der Waals surface area contributed by atoms with Gasteiger partial charge in [0.2, 0.25) is 0 Å².